The average molecular weight is 363 g/mol. The number of amides is 1. The lowest BCUT2D eigenvalue weighted by atomic mass is 10.2. The molecule has 2 rings (SSSR count). The van der Waals surface area contributed by atoms with Gasteiger partial charge in [-0.15, -0.1) is 0 Å². The van der Waals surface area contributed by atoms with Crippen LogP contribution in [0.4, 0.5) is 4.39 Å². The first-order valence-corrected chi connectivity index (χ1v) is 9.29. The Labute approximate surface area is 150 Å². The number of carbonyl (C=O) groups excluding carboxylic acids is 1. The van der Waals surface area contributed by atoms with Crippen molar-refractivity contribution in [2.45, 2.75) is 43.5 Å². The molecule has 0 saturated carbocycles. The van der Waals surface area contributed by atoms with Crippen molar-refractivity contribution in [3.05, 3.63) is 57.8 Å². The minimum absolute atomic E-state index is 0.0835. The van der Waals surface area contributed by atoms with Gasteiger partial charge in [0.15, 0.2) is 5.16 Å². The van der Waals surface area contributed by atoms with E-state index in [0.717, 1.165) is 24.8 Å². The van der Waals surface area contributed by atoms with Gasteiger partial charge in [-0.25, -0.2) is 9.37 Å². The molecule has 2 N–H and O–H groups in total. The zero-order valence-corrected chi connectivity index (χ0v) is 15.0. The molecule has 2 aromatic rings. The van der Waals surface area contributed by atoms with Crippen molar-refractivity contribution in [1.82, 2.24) is 15.3 Å². The maximum absolute atomic E-state index is 12.9. The van der Waals surface area contributed by atoms with Crippen molar-refractivity contribution in [3.8, 4) is 0 Å². The highest BCUT2D eigenvalue weighted by Crippen LogP contribution is 2.18. The Morgan fingerprint density at radius 2 is 2.04 bits per heavy atom. The minimum Gasteiger partial charge on any atom is -0.356 e. The van der Waals surface area contributed by atoms with Crippen LogP contribution in [0.3, 0.4) is 0 Å². The van der Waals surface area contributed by atoms with Crippen molar-refractivity contribution >= 4 is 17.7 Å². The summed E-state index contributed by atoms with van der Waals surface area (Å²) in [6.07, 6.45) is 3.21. The lowest BCUT2D eigenvalue weighted by Crippen LogP contribution is -2.27. The van der Waals surface area contributed by atoms with E-state index in [1.807, 2.05) is 0 Å². The van der Waals surface area contributed by atoms with Gasteiger partial charge < -0.3 is 10.3 Å². The van der Waals surface area contributed by atoms with Crippen molar-refractivity contribution in [2.75, 3.05) is 6.54 Å². The smallest absolute Gasteiger partial charge is 0.251 e. The second-order valence-corrected chi connectivity index (χ2v) is 6.65. The Kier molecular flexibility index (Phi) is 7.66. The van der Waals surface area contributed by atoms with Crippen LogP contribution in [0.25, 0.3) is 0 Å². The number of nitrogens with one attached hydrogen (secondary N) is 2. The predicted molar refractivity (Wildman–Crippen MR) is 97.1 cm³/mol. The van der Waals surface area contributed by atoms with Crippen LogP contribution >= 0.6 is 11.8 Å². The number of hydrogen-bond donors (Lipinski definition) is 2. The van der Waals surface area contributed by atoms with E-state index in [0.29, 0.717) is 23.1 Å². The molecule has 5 nitrogen and oxygen atoms in total. The van der Waals surface area contributed by atoms with Crippen LogP contribution in [-0.4, -0.2) is 22.4 Å². The Bertz CT molecular complexity index is 747. The summed E-state index contributed by atoms with van der Waals surface area (Å²) in [6.45, 7) is 2.75. The number of aromatic amines is 1. The normalized spacial score (nSPS) is 10.6. The number of thioether (sulfide) groups is 1. The fraction of sp³-hybridized carbons (Fsp3) is 0.389. The average Bonchev–Trinajstić information content (AvgIpc) is 2.58. The monoisotopic (exact) mass is 363 g/mol. The van der Waals surface area contributed by atoms with Crippen LogP contribution in [0.15, 0.2) is 40.3 Å². The van der Waals surface area contributed by atoms with Gasteiger partial charge in [0.05, 0.1) is 12.1 Å². The highest BCUT2D eigenvalue weighted by atomic mass is 32.2. The third kappa shape index (κ3) is 7.09. The largest absolute Gasteiger partial charge is 0.356 e. The zero-order chi connectivity index (χ0) is 18.1. The number of benzene rings is 1. The lowest BCUT2D eigenvalue weighted by Gasteiger charge is -2.06. The van der Waals surface area contributed by atoms with Crippen molar-refractivity contribution < 1.29 is 9.18 Å². The lowest BCUT2D eigenvalue weighted by molar-refractivity contribution is -0.120. The molecule has 1 aromatic carbocycles. The molecule has 7 heteroatoms. The minimum atomic E-state index is -0.287. The second kappa shape index (κ2) is 9.98. The molecule has 0 bridgehead atoms. The maximum atomic E-state index is 12.9. The quantitative estimate of drug-likeness (QED) is 0.408. The Balaban J connectivity index is 1.91. The van der Waals surface area contributed by atoms with Gasteiger partial charge in [0.25, 0.3) is 5.56 Å². The highest BCUT2D eigenvalue weighted by molar-refractivity contribution is 7.98. The molecule has 1 aromatic heterocycles. The Morgan fingerprint density at radius 1 is 1.28 bits per heavy atom. The molecule has 25 heavy (non-hydrogen) atoms. The first-order chi connectivity index (χ1) is 12.1. The fourth-order valence-corrected chi connectivity index (χ4v) is 3.05. The van der Waals surface area contributed by atoms with E-state index in [9.17, 15) is 14.0 Å². The highest BCUT2D eigenvalue weighted by Gasteiger charge is 2.08. The molecular weight excluding hydrogens is 341 g/mol. The third-order valence-corrected chi connectivity index (χ3v) is 4.45. The molecule has 134 valence electrons. The number of H-pyrrole nitrogens is 1. The van der Waals surface area contributed by atoms with Gasteiger partial charge >= 0.3 is 0 Å². The molecule has 0 aliphatic rings. The van der Waals surface area contributed by atoms with Gasteiger partial charge in [-0.3, -0.25) is 9.59 Å². The Hall–Kier alpha value is -2.15. The van der Waals surface area contributed by atoms with E-state index in [4.69, 9.17) is 0 Å². The molecule has 0 aliphatic heterocycles. The standard InChI is InChI=1S/C18H22FN3O2S/c1-2-3-4-9-20-16(23)10-15-11-17(24)22-18(21-15)25-12-13-5-7-14(19)8-6-13/h5-8,11H,2-4,9-10,12H2,1H3,(H,20,23)(H,21,22,24). The summed E-state index contributed by atoms with van der Waals surface area (Å²) in [6, 6.07) is 7.51. The van der Waals surface area contributed by atoms with Gasteiger partial charge in [-0.05, 0) is 24.1 Å². The van der Waals surface area contributed by atoms with Crippen molar-refractivity contribution in [2.24, 2.45) is 0 Å². The summed E-state index contributed by atoms with van der Waals surface area (Å²) in [7, 11) is 0. The van der Waals surface area contributed by atoms with E-state index in [2.05, 4.69) is 22.2 Å². The predicted octanol–water partition coefficient (Wildman–Crippen LogP) is 3.05. The summed E-state index contributed by atoms with van der Waals surface area (Å²) in [5.41, 5.74) is 1.08. The molecule has 0 aliphatic carbocycles. The summed E-state index contributed by atoms with van der Waals surface area (Å²) >= 11 is 1.34. The Morgan fingerprint density at radius 3 is 2.76 bits per heavy atom. The number of halogens is 1. The van der Waals surface area contributed by atoms with Gasteiger partial charge in [0, 0.05) is 18.4 Å². The first-order valence-electron chi connectivity index (χ1n) is 8.31. The molecule has 0 fully saturated rings. The summed E-state index contributed by atoms with van der Waals surface area (Å²) < 4.78 is 12.9. The third-order valence-electron chi connectivity index (χ3n) is 3.51. The van der Waals surface area contributed by atoms with E-state index in [-0.39, 0.29) is 23.7 Å². The van der Waals surface area contributed by atoms with E-state index in [1.54, 1.807) is 12.1 Å². The topological polar surface area (TPSA) is 74.8 Å². The van der Waals surface area contributed by atoms with Crippen molar-refractivity contribution in [1.29, 1.82) is 0 Å². The molecule has 0 spiro atoms. The number of nitrogens with zero attached hydrogens (tertiary/aromatic N) is 1. The molecule has 0 saturated heterocycles. The molecule has 0 radical (unpaired) electrons. The maximum Gasteiger partial charge on any atom is 0.251 e. The van der Waals surface area contributed by atoms with Crippen LogP contribution in [0.2, 0.25) is 0 Å². The first kappa shape index (κ1) is 19.2. The molecule has 1 amide bonds. The van der Waals surface area contributed by atoms with E-state index in [1.165, 1.54) is 30.0 Å². The number of hydrogen-bond acceptors (Lipinski definition) is 4. The molecule has 1 heterocycles. The molecular formula is C18H22FN3O2S. The molecule has 0 unspecified atom stereocenters. The van der Waals surface area contributed by atoms with Crippen LogP contribution in [0.1, 0.15) is 37.4 Å². The SMILES string of the molecule is CCCCCNC(=O)Cc1cc(=O)[nH]c(SCc2ccc(F)cc2)n1. The zero-order valence-electron chi connectivity index (χ0n) is 14.2. The number of unbranched alkanes of at least 4 members (excludes halogenated alkanes) is 2. The number of rotatable bonds is 9. The van der Waals surface area contributed by atoms with Crippen LogP contribution in [0.5, 0.6) is 0 Å². The van der Waals surface area contributed by atoms with Gasteiger partial charge in [0.1, 0.15) is 5.82 Å². The van der Waals surface area contributed by atoms with Gasteiger partial charge in [0.2, 0.25) is 5.91 Å². The van der Waals surface area contributed by atoms with Gasteiger partial charge in [-0.2, -0.15) is 0 Å². The van der Waals surface area contributed by atoms with Crippen LogP contribution in [0, 0.1) is 5.82 Å². The van der Waals surface area contributed by atoms with Crippen LogP contribution in [-0.2, 0) is 17.0 Å². The number of aromatic nitrogens is 2. The number of carbonyl (C=O) groups is 1. The van der Waals surface area contributed by atoms with Crippen molar-refractivity contribution in [3.63, 3.8) is 0 Å². The second-order valence-electron chi connectivity index (χ2n) is 5.69. The summed E-state index contributed by atoms with van der Waals surface area (Å²) in [4.78, 5) is 30.6. The molecule has 0 atom stereocenters. The van der Waals surface area contributed by atoms with Gasteiger partial charge in [-0.1, -0.05) is 43.7 Å². The fourth-order valence-electron chi connectivity index (χ4n) is 2.20. The summed E-state index contributed by atoms with van der Waals surface area (Å²) in [5, 5.41) is 3.28. The van der Waals surface area contributed by atoms with E-state index >= 15 is 0 Å². The van der Waals surface area contributed by atoms with Crippen LogP contribution < -0.4 is 10.9 Å². The van der Waals surface area contributed by atoms with E-state index < -0.39 is 0 Å². The summed E-state index contributed by atoms with van der Waals surface area (Å²) in [5.74, 6) is 0.131.